The summed E-state index contributed by atoms with van der Waals surface area (Å²) in [7, 11) is 1.73. The van der Waals surface area contributed by atoms with Gasteiger partial charge in [-0.3, -0.25) is 4.68 Å². The molecule has 0 saturated carbocycles. The second-order valence-corrected chi connectivity index (χ2v) is 4.06. The van der Waals surface area contributed by atoms with Crippen LogP contribution in [0.1, 0.15) is 17.0 Å². The maximum Gasteiger partial charge on any atom is 0.416 e. The summed E-state index contributed by atoms with van der Waals surface area (Å²) in [6.07, 6.45) is -2.93. The fourth-order valence-electron chi connectivity index (χ4n) is 1.74. The molecule has 19 heavy (non-hydrogen) atoms. The Labute approximate surface area is 108 Å². The third-order valence-corrected chi connectivity index (χ3v) is 2.73. The molecule has 0 bridgehead atoms. The van der Waals surface area contributed by atoms with E-state index >= 15 is 0 Å². The van der Waals surface area contributed by atoms with Crippen molar-refractivity contribution >= 4 is 0 Å². The lowest BCUT2D eigenvalue weighted by Gasteiger charge is -2.13. The number of benzene rings is 1. The van der Waals surface area contributed by atoms with Gasteiger partial charge in [-0.05, 0) is 11.6 Å². The minimum absolute atomic E-state index is 0.128. The molecule has 0 fully saturated rings. The maximum absolute atomic E-state index is 12.8. The summed E-state index contributed by atoms with van der Waals surface area (Å²) >= 11 is 0. The van der Waals surface area contributed by atoms with Crippen LogP contribution < -0.4 is 5.32 Å². The van der Waals surface area contributed by atoms with Gasteiger partial charge in [-0.25, -0.2) is 4.98 Å². The largest absolute Gasteiger partial charge is 0.416 e. The molecule has 0 aliphatic carbocycles. The molecule has 0 amide bonds. The van der Waals surface area contributed by atoms with Crippen LogP contribution in [0.3, 0.4) is 0 Å². The molecule has 0 atom stereocenters. The van der Waals surface area contributed by atoms with Gasteiger partial charge in [-0.2, -0.15) is 18.3 Å². The quantitative estimate of drug-likeness (QED) is 0.925. The highest BCUT2D eigenvalue weighted by Gasteiger charge is 2.32. The molecule has 0 aliphatic heterocycles. The van der Waals surface area contributed by atoms with Crippen molar-refractivity contribution in [1.29, 1.82) is 0 Å². The number of aryl methyl sites for hydroxylation is 1. The molecule has 1 N–H and O–H groups in total. The summed E-state index contributed by atoms with van der Waals surface area (Å²) in [5.41, 5.74) is -0.391. The van der Waals surface area contributed by atoms with E-state index in [2.05, 4.69) is 15.4 Å². The number of nitrogens with zero attached hydrogens (tertiary/aromatic N) is 3. The topological polar surface area (TPSA) is 42.7 Å². The highest BCUT2D eigenvalue weighted by molar-refractivity contribution is 5.29. The lowest BCUT2D eigenvalue weighted by molar-refractivity contribution is -0.138. The van der Waals surface area contributed by atoms with E-state index in [1.165, 1.54) is 18.5 Å². The Balaban J connectivity index is 2.02. The van der Waals surface area contributed by atoms with Crippen molar-refractivity contribution in [2.24, 2.45) is 7.05 Å². The Morgan fingerprint density at radius 2 is 1.95 bits per heavy atom. The van der Waals surface area contributed by atoms with Gasteiger partial charge in [0.1, 0.15) is 12.2 Å². The molecule has 0 radical (unpaired) electrons. The van der Waals surface area contributed by atoms with E-state index in [1.807, 2.05) is 0 Å². The molecule has 4 nitrogen and oxygen atoms in total. The molecular weight excluding hydrogens is 257 g/mol. The highest BCUT2D eigenvalue weighted by atomic mass is 19.4. The number of halogens is 3. The van der Waals surface area contributed by atoms with Gasteiger partial charge in [-0.1, -0.05) is 18.2 Å². The van der Waals surface area contributed by atoms with E-state index in [1.54, 1.807) is 17.8 Å². The van der Waals surface area contributed by atoms with Crippen molar-refractivity contribution in [2.75, 3.05) is 0 Å². The molecular formula is C12H13F3N4. The number of rotatable bonds is 4. The predicted molar refractivity (Wildman–Crippen MR) is 63.0 cm³/mol. The Kier molecular flexibility index (Phi) is 3.84. The summed E-state index contributed by atoms with van der Waals surface area (Å²) < 4.78 is 39.8. The van der Waals surface area contributed by atoms with Crippen molar-refractivity contribution in [3.05, 3.63) is 47.5 Å². The molecule has 2 aromatic rings. The Hall–Kier alpha value is -1.89. The van der Waals surface area contributed by atoms with Gasteiger partial charge in [0.15, 0.2) is 0 Å². The van der Waals surface area contributed by atoms with Gasteiger partial charge in [0.2, 0.25) is 0 Å². The zero-order valence-electron chi connectivity index (χ0n) is 10.3. The SMILES string of the molecule is Cn1ncnc1CNCc1ccccc1C(F)(F)F. The van der Waals surface area contributed by atoms with E-state index in [0.29, 0.717) is 12.4 Å². The number of alkyl halides is 3. The number of aromatic nitrogens is 3. The van der Waals surface area contributed by atoms with Crippen LogP contribution in [0.2, 0.25) is 0 Å². The zero-order chi connectivity index (χ0) is 13.9. The summed E-state index contributed by atoms with van der Waals surface area (Å²) in [6, 6.07) is 5.52. The first-order valence-corrected chi connectivity index (χ1v) is 5.67. The predicted octanol–water partition coefficient (Wildman–Crippen LogP) is 2.12. The van der Waals surface area contributed by atoms with Crippen LogP contribution in [-0.2, 0) is 26.3 Å². The monoisotopic (exact) mass is 270 g/mol. The number of hydrogen-bond donors (Lipinski definition) is 1. The first kappa shape index (κ1) is 13.5. The van der Waals surface area contributed by atoms with Crippen molar-refractivity contribution < 1.29 is 13.2 Å². The summed E-state index contributed by atoms with van der Waals surface area (Å²) in [4.78, 5) is 3.99. The van der Waals surface area contributed by atoms with Crippen LogP contribution in [-0.4, -0.2) is 14.8 Å². The van der Waals surface area contributed by atoms with Crippen molar-refractivity contribution in [3.8, 4) is 0 Å². The zero-order valence-corrected chi connectivity index (χ0v) is 10.3. The Bertz CT molecular complexity index is 548. The lowest BCUT2D eigenvalue weighted by atomic mass is 10.1. The van der Waals surface area contributed by atoms with Crippen LogP contribution in [0, 0.1) is 0 Å². The molecule has 1 aromatic heterocycles. The summed E-state index contributed by atoms with van der Waals surface area (Å²) in [5.74, 6) is 0.671. The molecule has 1 aromatic carbocycles. The van der Waals surface area contributed by atoms with Gasteiger partial charge in [0.25, 0.3) is 0 Å². The molecule has 0 unspecified atom stereocenters. The third kappa shape index (κ3) is 3.31. The van der Waals surface area contributed by atoms with E-state index < -0.39 is 11.7 Å². The van der Waals surface area contributed by atoms with Gasteiger partial charge in [0.05, 0.1) is 12.1 Å². The Morgan fingerprint density at radius 3 is 2.58 bits per heavy atom. The van der Waals surface area contributed by atoms with Crippen LogP contribution in [0.4, 0.5) is 13.2 Å². The minimum atomic E-state index is -4.33. The average Bonchev–Trinajstić information content (AvgIpc) is 2.75. The molecule has 0 spiro atoms. The van der Waals surface area contributed by atoms with Gasteiger partial charge >= 0.3 is 6.18 Å². The van der Waals surface area contributed by atoms with Crippen LogP contribution >= 0.6 is 0 Å². The molecule has 7 heteroatoms. The number of nitrogens with one attached hydrogen (secondary N) is 1. The van der Waals surface area contributed by atoms with Crippen molar-refractivity contribution in [3.63, 3.8) is 0 Å². The molecule has 0 aliphatic rings. The molecule has 1 heterocycles. The second-order valence-electron chi connectivity index (χ2n) is 4.06. The summed E-state index contributed by atoms with van der Waals surface area (Å²) in [6.45, 7) is 0.491. The minimum Gasteiger partial charge on any atom is -0.306 e. The van der Waals surface area contributed by atoms with Gasteiger partial charge < -0.3 is 5.32 Å². The Morgan fingerprint density at radius 1 is 1.21 bits per heavy atom. The highest BCUT2D eigenvalue weighted by Crippen LogP contribution is 2.31. The first-order chi connectivity index (χ1) is 8.98. The van der Waals surface area contributed by atoms with E-state index in [4.69, 9.17) is 0 Å². The van der Waals surface area contributed by atoms with Gasteiger partial charge in [-0.15, -0.1) is 0 Å². The normalized spacial score (nSPS) is 11.8. The lowest BCUT2D eigenvalue weighted by Crippen LogP contribution is -2.19. The van der Waals surface area contributed by atoms with E-state index in [9.17, 15) is 13.2 Å². The maximum atomic E-state index is 12.8. The van der Waals surface area contributed by atoms with E-state index in [0.717, 1.165) is 6.07 Å². The average molecular weight is 270 g/mol. The van der Waals surface area contributed by atoms with Crippen LogP contribution in [0.5, 0.6) is 0 Å². The van der Waals surface area contributed by atoms with Crippen molar-refractivity contribution in [2.45, 2.75) is 19.3 Å². The fourth-order valence-corrected chi connectivity index (χ4v) is 1.74. The standard InChI is InChI=1S/C12H13F3N4/c1-19-11(17-8-18-19)7-16-6-9-4-2-3-5-10(9)12(13,14)15/h2-5,8,16H,6-7H2,1H3. The molecule has 0 saturated heterocycles. The second kappa shape index (κ2) is 5.40. The van der Waals surface area contributed by atoms with Crippen LogP contribution in [0.25, 0.3) is 0 Å². The number of hydrogen-bond acceptors (Lipinski definition) is 3. The third-order valence-electron chi connectivity index (χ3n) is 2.73. The fraction of sp³-hybridized carbons (Fsp3) is 0.333. The van der Waals surface area contributed by atoms with E-state index in [-0.39, 0.29) is 12.1 Å². The van der Waals surface area contributed by atoms with Gasteiger partial charge in [0, 0.05) is 13.6 Å². The van der Waals surface area contributed by atoms with Crippen LogP contribution in [0.15, 0.2) is 30.6 Å². The molecule has 2 rings (SSSR count). The summed E-state index contributed by atoms with van der Waals surface area (Å²) in [5, 5.41) is 6.82. The molecule has 102 valence electrons. The smallest absolute Gasteiger partial charge is 0.306 e. The first-order valence-electron chi connectivity index (χ1n) is 5.67. The van der Waals surface area contributed by atoms with Crippen molar-refractivity contribution in [1.82, 2.24) is 20.1 Å².